The molecule has 0 fully saturated rings. The fraction of sp³-hybridized carbons (Fsp3) is 0. The molecule has 0 saturated carbocycles. The summed E-state index contributed by atoms with van der Waals surface area (Å²) in [5, 5.41) is 9.91. The Hall–Kier alpha value is -2.07. The minimum Gasteiger partial charge on any atom is -0.321 e. The SMILES string of the molecule is O=C1Nc2ccccc2/C1=C/c1n[nH]cc1Cl. The first-order valence-electron chi connectivity index (χ1n) is 5.07. The van der Waals surface area contributed by atoms with E-state index in [2.05, 4.69) is 15.5 Å². The monoisotopic (exact) mass is 245 g/mol. The van der Waals surface area contributed by atoms with Crippen LogP contribution in [0.5, 0.6) is 0 Å². The molecule has 17 heavy (non-hydrogen) atoms. The first kappa shape index (κ1) is 10.1. The molecule has 2 heterocycles. The highest BCUT2D eigenvalue weighted by Gasteiger charge is 2.23. The van der Waals surface area contributed by atoms with Gasteiger partial charge in [-0.15, -0.1) is 0 Å². The number of carbonyl (C=O) groups excluding carboxylic acids is 1. The first-order valence-corrected chi connectivity index (χ1v) is 5.45. The lowest BCUT2D eigenvalue weighted by Gasteiger charge is -1.95. The molecular weight excluding hydrogens is 238 g/mol. The number of fused-ring (bicyclic) bond motifs is 1. The van der Waals surface area contributed by atoms with Crippen LogP contribution >= 0.6 is 11.6 Å². The number of para-hydroxylation sites is 1. The number of hydrogen-bond donors (Lipinski definition) is 2. The van der Waals surface area contributed by atoms with Crippen molar-refractivity contribution in [3.05, 3.63) is 46.7 Å². The minimum absolute atomic E-state index is 0.134. The van der Waals surface area contributed by atoms with Gasteiger partial charge in [-0.3, -0.25) is 9.89 Å². The number of aromatic amines is 1. The number of rotatable bonds is 1. The third kappa shape index (κ3) is 1.62. The van der Waals surface area contributed by atoms with Gasteiger partial charge in [-0.25, -0.2) is 0 Å². The lowest BCUT2D eigenvalue weighted by molar-refractivity contribution is -0.110. The maximum absolute atomic E-state index is 11.8. The number of nitrogens with one attached hydrogen (secondary N) is 2. The summed E-state index contributed by atoms with van der Waals surface area (Å²) < 4.78 is 0. The number of halogens is 1. The molecule has 5 heteroatoms. The fourth-order valence-electron chi connectivity index (χ4n) is 1.81. The summed E-state index contributed by atoms with van der Waals surface area (Å²) in [5.74, 6) is -0.134. The van der Waals surface area contributed by atoms with E-state index in [-0.39, 0.29) is 5.91 Å². The van der Waals surface area contributed by atoms with Gasteiger partial charge in [0.2, 0.25) is 0 Å². The van der Waals surface area contributed by atoms with E-state index in [1.54, 1.807) is 12.3 Å². The number of aromatic nitrogens is 2. The van der Waals surface area contributed by atoms with Crippen molar-refractivity contribution in [3.63, 3.8) is 0 Å². The Kier molecular flexibility index (Phi) is 2.23. The first-order chi connectivity index (χ1) is 8.25. The Balaban J connectivity index is 2.13. The molecule has 1 aromatic heterocycles. The van der Waals surface area contributed by atoms with Crippen molar-refractivity contribution in [2.24, 2.45) is 0 Å². The molecule has 1 aliphatic heterocycles. The lowest BCUT2D eigenvalue weighted by Crippen LogP contribution is -2.03. The van der Waals surface area contributed by atoms with Crippen LogP contribution in [0.3, 0.4) is 0 Å². The molecule has 0 bridgehead atoms. The molecule has 3 rings (SSSR count). The van der Waals surface area contributed by atoms with Crippen LogP contribution in [-0.4, -0.2) is 16.1 Å². The molecule has 0 aliphatic carbocycles. The van der Waals surface area contributed by atoms with Crippen LogP contribution in [-0.2, 0) is 4.79 Å². The summed E-state index contributed by atoms with van der Waals surface area (Å²) >= 11 is 5.92. The van der Waals surface area contributed by atoms with Gasteiger partial charge in [0.1, 0.15) is 5.69 Å². The minimum atomic E-state index is -0.134. The second kappa shape index (κ2) is 3.75. The van der Waals surface area contributed by atoms with E-state index in [0.29, 0.717) is 16.3 Å². The Morgan fingerprint density at radius 1 is 1.29 bits per heavy atom. The molecular formula is C12H8ClN3O. The molecule has 0 radical (unpaired) electrons. The quantitative estimate of drug-likeness (QED) is 0.759. The van der Waals surface area contributed by atoms with Crippen molar-refractivity contribution in [1.82, 2.24) is 10.2 Å². The van der Waals surface area contributed by atoms with E-state index in [1.807, 2.05) is 24.3 Å². The van der Waals surface area contributed by atoms with Crippen molar-refractivity contribution >= 4 is 34.8 Å². The molecule has 84 valence electrons. The maximum atomic E-state index is 11.8. The van der Waals surface area contributed by atoms with E-state index in [1.165, 1.54) is 0 Å². The van der Waals surface area contributed by atoms with Crippen LogP contribution in [0, 0.1) is 0 Å². The smallest absolute Gasteiger partial charge is 0.256 e. The van der Waals surface area contributed by atoms with E-state index >= 15 is 0 Å². The number of hydrogen-bond acceptors (Lipinski definition) is 2. The second-order valence-corrected chi connectivity index (χ2v) is 4.08. The number of benzene rings is 1. The normalized spacial score (nSPS) is 16.1. The van der Waals surface area contributed by atoms with Gasteiger partial charge in [0, 0.05) is 17.4 Å². The standard InChI is InChI=1S/C12H8ClN3O/c13-9-6-14-16-11(9)5-8-7-3-1-2-4-10(7)15-12(8)17/h1-6H,(H,14,16)(H,15,17)/b8-5-. The van der Waals surface area contributed by atoms with Gasteiger partial charge in [-0.05, 0) is 12.1 Å². The molecule has 0 unspecified atom stereocenters. The summed E-state index contributed by atoms with van der Waals surface area (Å²) in [6.45, 7) is 0. The van der Waals surface area contributed by atoms with Gasteiger partial charge in [0.25, 0.3) is 5.91 Å². The van der Waals surface area contributed by atoms with E-state index < -0.39 is 0 Å². The van der Waals surface area contributed by atoms with Gasteiger partial charge in [0.15, 0.2) is 0 Å². The van der Waals surface area contributed by atoms with Crippen LogP contribution in [0.25, 0.3) is 11.6 Å². The van der Waals surface area contributed by atoms with Crippen molar-refractivity contribution in [2.75, 3.05) is 5.32 Å². The van der Waals surface area contributed by atoms with Gasteiger partial charge < -0.3 is 5.32 Å². The van der Waals surface area contributed by atoms with Crippen LogP contribution in [0.4, 0.5) is 5.69 Å². The molecule has 1 aliphatic rings. The number of carbonyl (C=O) groups is 1. The number of nitrogens with zero attached hydrogens (tertiary/aromatic N) is 1. The molecule has 4 nitrogen and oxygen atoms in total. The highest BCUT2D eigenvalue weighted by atomic mass is 35.5. The third-order valence-electron chi connectivity index (χ3n) is 2.61. The summed E-state index contributed by atoms with van der Waals surface area (Å²) in [6, 6.07) is 7.52. The Morgan fingerprint density at radius 3 is 2.88 bits per heavy atom. The molecule has 1 amide bonds. The predicted molar refractivity (Wildman–Crippen MR) is 66.5 cm³/mol. The summed E-state index contributed by atoms with van der Waals surface area (Å²) in [4.78, 5) is 11.8. The van der Waals surface area contributed by atoms with Crippen molar-refractivity contribution in [1.29, 1.82) is 0 Å². The Labute approximate surface area is 102 Å². The van der Waals surface area contributed by atoms with Gasteiger partial charge in [-0.2, -0.15) is 5.10 Å². The summed E-state index contributed by atoms with van der Waals surface area (Å²) in [5.41, 5.74) is 2.83. The fourth-order valence-corrected chi connectivity index (χ4v) is 1.95. The molecule has 0 atom stereocenters. The molecule has 2 N–H and O–H groups in total. The average Bonchev–Trinajstić information content (AvgIpc) is 2.85. The maximum Gasteiger partial charge on any atom is 0.256 e. The summed E-state index contributed by atoms with van der Waals surface area (Å²) in [7, 11) is 0. The molecule has 1 aromatic carbocycles. The van der Waals surface area contributed by atoms with E-state index in [0.717, 1.165) is 11.3 Å². The van der Waals surface area contributed by atoms with Crippen molar-refractivity contribution in [2.45, 2.75) is 0 Å². The van der Waals surface area contributed by atoms with E-state index in [4.69, 9.17) is 11.6 Å². The highest BCUT2D eigenvalue weighted by Crippen LogP contribution is 2.33. The zero-order valence-electron chi connectivity index (χ0n) is 8.70. The topological polar surface area (TPSA) is 57.8 Å². The van der Waals surface area contributed by atoms with Gasteiger partial charge in [0.05, 0.1) is 10.6 Å². The third-order valence-corrected chi connectivity index (χ3v) is 2.91. The van der Waals surface area contributed by atoms with Gasteiger partial charge >= 0.3 is 0 Å². The molecule has 0 saturated heterocycles. The Morgan fingerprint density at radius 2 is 2.12 bits per heavy atom. The van der Waals surface area contributed by atoms with Crippen LogP contribution in [0.15, 0.2) is 30.5 Å². The lowest BCUT2D eigenvalue weighted by atomic mass is 10.1. The average molecular weight is 246 g/mol. The van der Waals surface area contributed by atoms with Gasteiger partial charge in [-0.1, -0.05) is 29.8 Å². The largest absolute Gasteiger partial charge is 0.321 e. The Bertz CT molecular complexity index is 630. The zero-order chi connectivity index (χ0) is 11.8. The highest BCUT2D eigenvalue weighted by molar-refractivity contribution is 6.36. The number of anilines is 1. The predicted octanol–water partition coefficient (Wildman–Crippen LogP) is 2.56. The van der Waals surface area contributed by atoms with Crippen LogP contribution in [0.1, 0.15) is 11.3 Å². The van der Waals surface area contributed by atoms with Crippen molar-refractivity contribution in [3.8, 4) is 0 Å². The number of H-pyrrole nitrogens is 1. The second-order valence-electron chi connectivity index (χ2n) is 3.68. The van der Waals surface area contributed by atoms with E-state index in [9.17, 15) is 4.79 Å². The van der Waals surface area contributed by atoms with Crippen LogP contribution < -0.4 is 5.32 Å². The van der Waals surface area contributed by atoms with Crippen LogP contribution in [0.2, 0.25) is 5.02 Å². The summed E-state index contributed by atoms with van der Waals surface area (Å²) in [6.07, 6.45) is 3.26. The zero-order valence-corrected chi connectivity index (χ0v) is 9.45. The molecule has 2 aromatic rings. The molecule has 0 spiro atoms. The number of amides is 1. The van der Waals surface area contributed by atoms with Crippen molar-refractivity contribution < 1.29 is 4.79 Å².